The van der Waals surface area contributed by atoms with E-state index in [-0.39, 0.29) is 30.0 Å². The third-order valence-electron chi connectivity index (χ3n) is 3.25. The molecule has 0 spiro atoms. The molecule has 2 aromatic rings. The Morgan fingerprint density at radius 2 is 2.04 bits per heavy atom. The van der Waals surface area contributed by atoms with Crippen molar-refractivity contribution in [1.82, 2.24) is 10.0 Å². The highest BCUT2D eigenvalue weighted by atomic mass is 32.2. The summed E-state index contributed by atoms with van der Waals surface area (Å²) in [6.07, 6.45) is 1.53. The van der Waals surface area contributed by atoms with Crippen LogP contribution < -0.4 is 14.8 Å². The predicted octanol–water partition coefficient (Wildman–Crippen LogP) is 1.97. The number of carbonyl (C=O) groups excluding carboxylic acids is 1. The minimum absolute atomic E-state index is 0.160. The fourth-order valence-corrected chi connectivity index (χ4v) is 3.46. The molecule has 0 radical (unpaired) electrons. The molecule has 1 aromatic carbocycles. The second-order valence-corrected chi connectivity index (χ2v) is 7.56. The summed E-state index contributed by atoms with van der Waals surface area (Å²) in [6, 6.07) is 7.82. The largest absolute Gasteiger partial charge is 0.484 e. The van der Waals surface area contributed by atoms with Gasteiger partial charge in [0, 0.05) is 6.04 Å². The molecular formula is C17H22N2O5S. The lowest BCUT2D eigenvalue weighted by Crippen LogP contribution is -2.30. The van der Waals surface area contributed by atoms with Gasteiger partial charge in [0.25, 0.3) is 5.91 Å². The van der Waals surface area contributed by atoms with E-state index in [1.54, 1.807) is 39.0 Å². The smallest absolute Gasteiger partial charge is 0.258 e. The van der Waals surface area contributed by atoms with Crippen molar-refractivity contribution in [2.75, 3.05) is 6.61 Å². The van der Waals surface area contributed by atoms with E-state index in [2.05, 4.69) is 10.0 Å². The van der Waals surface area contributed by atoms with E-state index >= 15 is 0 Å². The first-order valence-electron chi connectivity index (χ1n) is 7.83. The summed E-state index contributed by atoms with van der Waals surface area (Å²) >= 11 is 0. The Morgan fingerprint density at radius 1 is 1.28 bits per heavy atom. The molecule has 0 atom stereocenters. The van der Waals surface area contributed by atoms with Gasteiger partial charge >= 0.3 is 0 Å². The maximum atomic E-state index is 12.1. The van der Waals surface area contributed by atoms with Crippen LogP contribution in [0, 0.1) is 6.92 Å². The van der Waals surface area contributed by atoms with Crippen LogP contribution in [0.2, 0.25) is 0 Å². The summed E-state index contributed by atoms with van der Waals surface area (Å²) in [4.78, 5) is 11.9. The van der Waals surface area contributed by atoms with E-state index in [9.17, 15) is 13.2 Å². The van der Waals surface area contributed by atoms with Crippen LogP contribution in [0.3, 0.4) is 0 Å². The molecule has 2 rings (SSSR count). The van der Waals surface area contributed by atoms with Crippen molar-refractivity contribution in [2.24, 2.45) is 0 Å². The molecule has 0 bridgehead atoms. The van der Waals surface area contributed by atoms with Crippen molar-refractivity contribution in [3.05, 3.63) is 47.9 Å². The Labute approximate surface area is 147 Å². The molecule has 0 aliphatic rings. The van der Waals surface area contributed by atoms with Crippen LogP contribution in [0.1, 0.15) is 25.2 Å². The van der Waals surface area contributed by atoms with E-state index < -0.39 is 10.0 Å². The number of hydrogen-bond acceptors (Lipinski definition) is 5. The van der Waals surface area contributed by atoms with Gasteiger partial charge in [-0.15, -0.1) is 0 Å². The fraction of sp³-hybridized carbons (Fsp3) is 0.353. The van der Waals surface area contributed by atoms with Crippen LogP contribution in [-0.2, 0) is 21.4 Å². The summed E-state index contributed by atoms with van der Waals surface area (Å²) in [7, 11) is -3.56. The van der Waals surface area contributed by atoms with E-state index in [0.717, 1.165) is 0 Å². The standard InChI is InChI=1S/C17H22N2O5S/c1-12(2)19-25(21,22)15-6-7-16(13(3)9-15)24-11-17(20)18-10-14-5-4-8-23-14/h4-9,12,19H,10-11H2,1-3H3,(H,18,20). The van der Waals surface area contributed by atoms with Gasteiger partial charge in [-0.05, 0) is 56.7 Å². The zero-order valence-electron chi connectivity index (χ0n) is 14.4. The van der Waals surface area contributed by atoms with Gasteiger partial charge in [-0.3, -0.25) is 4.79 Å². The molecule has 0 fully saturated rings. The van der Waals surface area contributed by atoms with E-state index in [1.165, 1.54) is 18.4 Å². The lowest BCUT2D eigenvalue weighted by Gasteiger charge is -2.13. The number of sulfonamides is 1. The highest BCUT2D eigenvalue weighted by Crippen LogP contribution is 2.22. The van der Waals surface area contributed by atoms with E-state index in [4.69, 9.17) is 9.15 Å². The maximum absolute atomic E-state index is 12.1. The van der Waals surface area contributed by atoms with Crippen molar-refractivity contribution >= 4 is 15.9 Å². The molecule has 1 amide bonds. The minimum Gasteiger partial charge on any atom is -0.484 e. The van der Waals surface area contributed by atoms with Gasteiger partial charge < -0.3 is 14.5 Å². The van der Waals surface area contributed by atoms with E-state index in [1.807, 2.05) is 0 Å². The molecule has 8 heteroatoms. The average Bonchev–Trinajstić information content (AvgIpc) is 3.03. The van der Waals surface area contributed by atoms with Gasteiger partial charge in [0.15, 0.2) is 6.61 Å². The number of ether oxygens (including phenoxy) is 1. The number of rotatable bonds is 8. The molecular weight excluding hydrogens is 344 g/mol. The minimum atomic E-state index is -3.56. The number of benzene rings is 1. The van der Waals surface area contributed by atoms with E-state index in [0.29, 0.717) is 17.1 Å². The summed E-state index contributed by atoms with van der Waals surface area (Å²) < 4.78 is 37.4. The van der Waals surface area contributed by atoms with Gasteiger partial charge in [-0.1, -0.05) is 0 Å². The molecule has 0 aliphatic carbocycles. The molecule has 2 N–H and O–H groups in total. The molecule has 0 saturated heterocycles. The van der Waals surface area contributed by atoms with Crippen LogP contribution in [0.5, 0.6) is 5.75 Å². The van der Waals surface area contributed by atoms with Gasteiger partial charge in [0.05, 0.1) is 17.7 Å². The molecule has 0 aliphatic heterocycles. The van der Waals surface area contributed by atoms with Crippen LogP contribution in [0.25, 0.3) is 0 Å². The molecule has 7 nitrogen and oxygen atoms in total. The molecule has 0 unspecified atom stereocenters. The number of aryl methyl sites for hydroxylation is 1. The zero-order chi connectivity index (χ0) is 18.4. The first-order valence-corrected chi connectivity index (χ1v) is 9.31. The third-order valence-corrected chi connectivity index (χ3v) is 4.90. The first-order chi connectivity index (χ1) is 11.8. The Hall–Kier alpha value is -2.32. The lowest BCUT2D eigenvalue weighted by atomic mass is 10.2. The third kappa shape index (κ3) is 5.61. The second-order valence-electron chi connectivity index (χ2n) is 5.85. The van der Waals surface area contributed by atoms with Crippen LogP contribution in [-0.4, -0.2) is 27.0 Å². The van der Waals surface area contributed by atoms with Crippen LogP contribution in [0.15, 0.2) is 45.9 Å². The van der Waals surface area contributed by atoms with Crippen molar-refractivity contribution in [3.63, 3.8) is 0 Å². The number of hydrogen-bond donors (Lipinski definition) is 2. The SMILES string of the molecule is Cc1cc(S(=O)(=O)NC(C)C)ccc1OCC(=O)NCc1ccco1. The van der Waals surface area contributed by atoms with Crippen molar-refractivity contribution < 1.29 is 22.4 Å². The first kappa shape index (κ1) is 19.0. The Morgan fingerprint density at radius 3 is 2.64 bits per heavy atom. The lowest BCUT2D eigenvalue weighted by molar-refractivity contribution is -0.123. The summed E-state index contributed by atoms with van der Waals surface area (Å²) in [5, 5.41) is 2.67. The highest BCUT2D eigenvalue weighted by Gasteiger charge is 2.16. The molecule has 1 aromatic heterocycles. The van der Waals surface area contributed by atoms with Gasteiger partial charge in [0.2, 0.25) is 10.0 Å². The Balaban J connectivity index is 1.93. The van der Waals surface area contributed by atoms with Crippen molar-refractivity contribution in [2.45, 2.75) is 38.3 Å². The predicted molar refractivity (Wildman–Crippen MR) is 92.7 cm³/mol. The fourth-order valence-electron chi connectivity index (χ4n) is 2.12. The number of furan rings is 1. The van der Waals surface area contributed by atoms with Gasteiger partial charge in [-0.2, -0.15) is 0 Å². The van der Waals surface area contributed by atoms with Crippen LogP contribution >= 0.6 is 0 Å². The molecule has 0 saturated carbocycles. The summed E-state index contributed by atoms with van der Waals surface area (Å²) in [5.41, 5.74) is 0.630. The summed E-state index contributed by atoms with van der Waals surface area (Å²) in [6.45, 7) is 5.35. The molecule has 1 heterocycles. The average molecular weight is 366 g/mol. The number of carbonyl (C=O) groups is 1. The monoisotopic (exact) mass is 366 g/mol. The Kier molecular flexibility index (Phi) is 6.22. The normalized spacial score (nSPS) is 11.5. The molecule has 136 valence electrons. The van der Waals surface area contributed by atoms with Crippen LogP contribution in [0.4, 0.5) is 0 Å². The zero-order valence-corrected chi connectivity index (χ0v) is 15.2. The Bertz CT molecular complexity index is 814. The highest BCUT2D eigenvalue weighted by molar-refractivity contribution is 7.89. The quantitative estimate of drug-likeness (QED) is 0.744. The molecule has 25 heavy (non-hydrogen) atoms. The number of amides is 1. The van der Waals surface area contributed by atoms with Crippen molar-refractivity contribution in [1.29, 1.82) is 0 Å². The van der Waals surface area contributed by atoms with Gasteiger partial charge in [-0.25, -0.2) is 13.1 Å². The topological polar surface area (TPSA) is 97.6 Å². The van der Waals surface area contributed by atoms with Crippen molar-refractivity contribution in [3.8, 4) is 5.75 Å². The maximum Gasteiger partial charge on any atom is 0.258 e. The van der Waals surface area contributed by atoms with Gasteiger partial charge in [0.1, 0.15) is 11.5 Å². The second kappa shape index (κ2) is 8.17. The number of nitrogens with one attached hydrogen (secondary N) is 2. The summed E-state index contributed by atoms with van der Waals surface area (Å²) in [5.74, 6) is 0.808.